The van der Waals surface area contributed by atoms with Crippen molar-refractivity contribution in [1.29, 1.82) is 0 Å². The fourth-order valence-electron chi connectivity index (χ4n) is 3.15. The molecular formula is C18H19N5O2. The summed E-state index contributed by atoms with van der Waals surface area (Å²) in [6.45, 7) is 1.89. The minimum Gasteiger partial charge on any atom is -0.467 e. The van der Waals surface area contributed by atoms with Crippen molar-refractivity contribution in [1.82, 2.24) is 25.1 Å². The minimum absolute atomic E-state index is 0.0599. The number of aryl methyl sites for hydroxylation is 2. The number of aromatic nitrogens is 4. The SMILES string of the molecule is C[C@@H](NC(=O)COc1ccc2nncn2n1)c1ccc2c(c1)CCC2. The van der Waals surface area contributed by atoms with Gasteiger partial charge in [0, 0.05) is 6.07 Å². The second-order valence-electron chi connectivity index (χ2n) is 6.26. The van der Waals surface area contributed by atoms with E-state index in [0.29, 0.717) is 11.5 Å². The molecule has 7 nitrogen and oxygen atoms in total. The molecule has 3 aromatic rings. The van der Waals surface area contributed by atoms with Crippen LogP contribution in [-0.2, 0) is 17.6 Å². The standard InChI is InChI=1S/C18H19N5O2/c1-12(14-6-5-13-3-2-4-15(13)9-14)20-17(24)10-25-18-8-7-16-21-19-11-23(16)22-18/h5-9,11-12H,2-4,10H2,1H3,(H,20,24)/t12-/m1/s1. The highest BCUT2D eigenvalue weighted by Crippen LogP contribution is 2.25. The van der Waals surface area contributed by atoms with E-state index in [2.05, 4.69) is 38.8 Å². The lowest BCUT2D eigenvalue weighted by molar-refractivity contribution is -0.123. The molecule has 7 heteroatoms. The Labute approximate surface area is 145 Å². The molecule has 0 unspecified atom stereocenters. The monoisotopic (exact) mass is 337 g/mol. The normalized spacial score (nSPS) is 14.3. The van der Waals surface area contributed by atoms with Crippen LogP contribution in [0.2, 0.25) is 0 Å². The average Bonchev–Trinajstić information content (AvgIpc) is 3.27. The van der Waals surface area contributed by atoms with Gasteiger partial charge in [0.25, 0.3) is 5.91 Å². The third kappa shape index (κ3) is 3.31. The molecule has 1 amide bonds. The van der Waals surface area contributed by atoms with E-state index in [1.54, 1.807) is 12.1 Å². The molecule has 1 aromatic carbocycles. The van der Waals surface area contributed by atoms with Gasteiger partial charge in [0.15, 0.2) is 12.3 Å². The van der Waals surface area contributed by atoms with Gasteiger partial charge >= 0.3 is 0 Å². The molecular weight excluding hydrogens is 318 g/mol. The van der Waals surface area contributed by atoms with Gasteiger partial charge in [-0.15, -0.1) is 15.3 Å². The number of nitrogens with one attached hydrogen (secondary N) is 1. The first-order chi connectivity index (χ1) is 12.2. The number of fused-ring (bicyclic) bond motifs is 2. The molecule has 2 heterocycles. The van der Waals surface area contributed by atoms with E-state index in [4.69, 9.17) is 4.74 Å². The van der Waals surface area contributed by atoms with Gasteiger partial charge in [-0.2, -0.15) is 4.52 Å². The van der Waals surface area contributed by atoms with Crippen LogP contribution >= 0.6 is 0 Å². The molecule has 4 rings (SSSR count). The van der Waals surface area contributed by atoms with Crippen LogP contribution in [0.25, 0.3) is 5.65 Å². The Morgan fingerprint density at radius 1 is 1.28 bits per heavy atom. The molecule has 0 fully saturated rings. The van der Waals surface area contributed by atoms with Gasteiger partial charge in [-0.05, 0) is 48.9 Å². The number of carbonyl (C=O) groups is 1. The van der Waals surface area contributed by atoms with Crippen molar-refractivity contribution in [2.24, 2.45) is 0 Å². The Kier molecular flexibility index (Phi) is 4.05. The quantitative estimate of drug-likeness (QED) is 0.769. The number of hydrogen-bond donors (Lipinski definition) is 1. The number of benzene rings is 1. The number of amides is 1. The molecule has 128 valence electrons. The summed E-state index contributed by atoms with van der Waals surface area (Å²) in [5.74, 6) is 0.172. The van der Waals surface area contributed by atoms with E-state index in [1.807, 2.05) is 6.92 Å². The number of hydrogen-bond acceptors (Lipinski definition) is 5. The van der Waals surface area contributed by atoms with Crippen molar-refractivity contribution in [3.63, 3.8) is 0 Å². The Hall–Kier alpha value is -2.96. The topological polar surface area (TPSA) is 81.4 Å². The second-order valence-corrected chi connectivity index (χ2v) is 6.26. The summed E-state index contributed by atoms with van der Waals surface area (Å²) in [6.07, 6.45) is 4.99. The van der Waals surface area contributed by atoms with E-state index in [0.717, 1.165) is 18.4 Å². The Bertz CT molecular complexity index is 921. The van der Waals surface area contributed by atoms with Crippen molar-refractivity contribution in [3.8, 4) is 5.88 Å². The van der Waals surface area contributed by atoms with E-state index >= 15 is 0 Å². The first-order valence-corrected chi connectivity index (χ1v) is 8.40. The van der Waals surface area contributed by atoms with Crippen LogP contribution in [0, 0.1) is 0 Å². The van der Waals surface area contributed by atoms with Gasteiger partial charge in [-0.3, -0.25) is 4.79 Å². The van der Waals surface area contributed by atoms with Crippen LogP contribution in [0.15, 0.2) is 36.7 Å². The van der Waals surface area contributed by atoms with Gasteiger partial charge in [0.1, 0.15) is 6.33 Å². The van der Waals surface area contributed by atoms with Crippen LogP contribution in [0.4, 0.5) is 0 Å². The van der Waals surface area contributed by atoms with Crippen molar-refractivity contribution in [2.45, 2.75) is 32.2 Å². The predicted molar refractivity (Wildman–Crippen MR) is 91.3 cm³/mol. The molecule has 1 aliphatic rings. The molecule has 2 aromatic heterocycles. The van der Waals surface area contributed by atoms with Gasteiger partial charge in [0.05, 0.1) is 6.04 Å². The lowest BCUT2D eigenvalue weighted by atomic mass is 10.0. The lowest BCUT2D eigenvalue weighted by Gasteiger charge is -2.15. The highest BCUT2D eigenvalue weighted by Gasteiger charge is 2.15. The van der Waals surface area contributed by atoms with Crippen LogP contribution in [0.3, 0.4) is 0 Å². The second kappa shape index (κ2) is 6.51. The van der Waals surface area contributed by atoms with Crippen LogP contribution in [-0.4, -0.2) is 32.3 Å². The summed E-state index contributed by atoms with van der Waals surface area (Å²) in [6, 6.07) is 9.82. The fourth-order valence-corrected chi connectivity index (χ4v) is 3.15. The molecule has 0 radical (unpaired) electrons. The Morgan fingerprint density at radius 3 is 3.08 bits per heavy atom. The third-order valence-electron chi connectivity index (χ3n) is 4.49. The minimum atomic E-state index is -0.182. The summed E-state index contributed by atoms with van der Waals surface area (Å²) in [5.41, 5.74) is 4.59. The zero-order valence-corrected chi connectivity index (χ0v) is 14.0. The molecule has 0 saturated heterocycles. The largest absolute Gasteiger partial charge is 0.467 e. The lowest BCUT2D eigenvalue weighted by Crippen LogP contribution is -2.31. The molecule has 0 bridgehead atoms. The van der Waals surface area contributed by atoms with Crippen molar-refractivity contribution in [3.05, 3.63) is 53.3 Å². The summed E-state index contributed by atoms with van der Waals surface area (Å²) in [5, 5.41) is 14.8. The average molecular weight is 337 g/mol. The Morgan fingerprint density at radius 2 is 2.16 bits per heavy atom. The molecule has 0 spiro atoms. The smallest absolute Gasteiger partial charge is 0.258 e. The number of rotatable bonds is 5. The zero-order valence-electron chi connectivity index (χ0n) is 14.0. The fraction of sp³-hybridized carbons (Fsp3) is 0.333. The molecule has 25 heavy (non-hydrogen) atoms. The molecule has 1 aliphatic carbocycles. The van der Waals surface area contributed by atoms with E-state index < -0.39 is 0 Å². The van der Waals surface area contributed by atoms with Gasteiger partial charge in [-0.25, -0.2) is 0 Å². The van der Waals surface area contributed by atoms with Gasteiger partial charge in [0.2, 0.25) is 5.88 Å². The first-order valence-electron chi connectivity index (χ1n) is 8.40. The predicted octanol–water partition coefficient (Wildman–Crippen LogP) is 1.87. The van der Waals surface area contributed by atoms with E-state index in [1.165, 1.54) is 28.4 Å². The summed E-state index contributed by atoms with van der Waals surface area (Å²) in [4.78, 5) is 12.2. The van der Waals surface area contributed by atoms with Crippen LogP contribution < -0.4 is 10.1 Å². The van der Waals surface area contributed by atoms with E-state index in [9.17, 15) is 4.79 Å². The highest BCUT2D eigenvalue weighted by atomic mass is 16.5. The summed E-state index contributed by atoms with van der Waals surface area (Å²) in [7, 11) is 0. The van der Waals surface area contributed by atoms with E-state index in [-0.39, 0.29) is 18.6 Å². The maximum atomic E-state index is 12.2. The van der Waals surface area contributed by atoms with Crippen molar-refractivity contribution < 1.29 is 9.53 Å². The molecule has 0 saturated carbocycles. The third-order valence-corrected chi connectivity index (χ3v) is 4.49. The van der Waals surface area contributed by atoms with Gasteiger partial charge < -0.3 is 10.1 Å². The zero-order chi connectivity index (χ0) is 17.2. The maximum absolute atomic E-state index is 12.2. The molecule has 1 N–H and O–H groups in total. The van der Waals surface area contributed by atoms with Crippen molar-refractivity contribution in [2.75, 3.05) is 6.61 Å². The number of carbonyl (C=O) groups excluding carboxylic acids is 1. The molecule has 1 atom stereocenters. The van der Waals surface area contributed by atoms with Crippen LogP contribution in [0.1, 0.15) is 36.1 Å². The summed E-state index contributed by atoms with van der Waals surface area (Å²) >= 11 is 0. The number of nitrogens with zero attached hydrogens (tertiary/aromatic N) is 4. The van der Waals surface area contributed by atoms with Crippen molar-refractivity contribution >= 4 is 11.6 Å². The van der Waals surface area contributed by atoms with Crippen LogP contribution in [0.5, 0.6) is 5.88 Å². The first kappa shape index (κ1) is 15.6. The highest BCUT2D eigenvalue weighted by molar-refractivity contribution is 5.78. The van der Waals surface area contributed by atoms with Gasteiger partial charge in [-0.1, -0.05) is 18.2 Å². The number of ether oxygens (including phenoxy) is 1. The maximum Gasteiger partial charge on any atom is 0.258 e. The summed E-state index contributed by atoms with van der Waals surface area (Å²) < 4.78 is 6.96. The molecule has 0 aliphatic heterocycles. The Balaban J connectivity index is 1.35.